The summed E-state index contributed by atoms with van der Waals surface area (Å²) < 4.78 is 5.14. The van der Waals surface area contributed by atoms with Gasteiger partial charge in [-0.15, -0.1) is 24.0 Å². The van der Waals surface area contributed by atoms with Crippen LogP contribution >= 0.6 is 24.0 Å². The van der Waals surface area contributed by atoms with Crippen LogP contribution in [0, 0.1) is 6.92 Å². The van der Waals surface area contributed by atoms with Gasteiger partial charge in [-0.1, -0.05) is 41.6 Å². The Morgan fingerprint density at radius 1 is 1.31 bits per heavy atom. The quantitative estimate of drug-likeness (QED) is 0.416. The molecule has 1 aromatic carbocycles. The van der Waals surface area contributed by atoms with E-state index in [-0.39, 0.29) is 24.0 Å². The summed E-state index contributed by atoms with van der Waals surface area (Å²) in [4.78, 5) is 11.2. The summed E-state index contributed by atoms with van der Waals surface area (Å²) in [6, 6.07) is 10.6. The zero-order chi connectivity index (χ0) is 17.5. The number of benzene rings is 1. The van der Waals surface area contributed by atoms with Crippen LogP contribution in [0.4, 0.5) is 0 Å². The molecule has 1 aliphatic heterocycles. The fraction of sp³-hybridized carbons (Fsp3) is 0.421. The highest BCUT2D eigenvalue weighted by atomic mass is 127. The van der Waals surface area contributed by atoms with Gasteiger partial charge in [0.05, 0.1) is 6.54 Å². The minimum Gasteiger partial charge on any atom is -0.357 e. The number of guanidine groups is 1. The largest absolute Gasteiger partial charge is 0.357 e. The van der Waals surface area contributed by atoms with Crippen molar-refractivity contribution >= 4 is 35.5 Å². The molecule has 0 amide bonds. The molecule has 0 unspecified atom stereocenters. The Morgan fingerprint density at radius 2 is 2.12 bits per heavy atom. The predicted molar refractivity (Wildman–Crippen MR) is 115 cm³/mol. The number of aryl methyl sites for hydroxylation is 1. The Morgan fingerprint density at radius 3 is 2.73 bits per heavy atom. The minimum absolute atomic E-state index is 0. The van der Waals surface area contributed by atoms with Crippen molar-refractivity contribution in [3.63, 3.8) is 0 Å². The fourth-order valence-electron chi connectivity index (χ4n) is 2.90. The van der Waals surface area contributed by atoms with Crippen LogP contribution in [0.5, 0.6) is 0 Å². The monoisotopic (exact) mass is 467 g/mol. The third-order valence-electron chi connectivity index (χ3n) is 4.15. The molecule has 0 aliphatic carbocycles. The molecular formula is C19H26IN5O. The zero-order valence-corrected chi connectivity index (χ0v) is 17.6. The van der Waals surface area contributed by atoms with E-state index in [1.807, 2.05) is 6.92 Å². The first-order valence-corrected chi connectivity index (χ1v) is 8.83. The van der Waals surface area contributed by atoms with Gasteiger partial charge in [0.25, 0.3) is 0 Å². The van der Waals surface area contributed by atoms with Crippen molar-refractivity contribution in [1.82, 2.24) is 20.4 Å². The van der Waals surface area contributed by atoms with E-state index in [9.17, 15) is 0 Å². The summed E-state index contributed by atoms with van der Waals surface area (Å²) in [5.74, 6) is 2.25. The van der Waals surface area contributed by atoms with Gasteiger partial charge in [0.1, 0.15) is 0 Å². The Labute approximate surface area is 171 Å². The number of aromatic nitrogens is 2. The Balaban J connectivity index is 0.00000243. The molecule has 0 bridgehead atoms. The van der Waals surface area contributed by atoms with Crippen LogP contribution < -0.4 is 5.32 Å². The number of hydrogen-bond acceptors (Lipinski definition) is 4. The molecule has 7 heteroatoms. The average Bonchev–Trinajstić information content (AvgIpc) is 3.07. The first kappa shape index (κ1) is 20.4. The lowest BCUT2D eigenvalue weighted by molar-refractivity contribution is 0.375. The smallest absolute Gasteiger partial charge is 0.228 e. The van der Waals surface area contributed by atoms with Gasteiger partial charge < -0.3 is 14.7 Å². The van der Waals surface area contributed by atoms with E-state index in [0.717, 1.165) is 32.0 Å². The molecule has 0 saturated carbocycles. The number of halogens is 1. The highest BCUT2D eigenvalue weighted by molar-refractivity contribution is 14.0. The van der Waals surface area contributed by atoms with Crippen molar-refractivity contribution in [3.8, 4) is 0 Å². The SMILES string of the molecule is CCNC(=NCCc1nc(C)no1)N1CC=C(c2ccccc2)CC1.I. The van der Waals surface area contributed by atoms with Crippen molar-refractivity contribution in [3.05, 3.63) is 53.7 Å². The molecule has 1 aliphatic rings. The molecule has 6 nitrogen and oxygen atoms in total. The van der Waals surface area contributed by atoms with Gasteiger partial charge in [-0.3, -0.25) is 4.99 Å². The van der Waals surface area contributed by atoms with E-state index < -0.39 is 0 Å². The molecule has 0 atom stereocenters. The van der Waals surface area contributed by atoms with Gasteiger partial charge in [0.2, 0.25) is 5.89 Å². The molecule has 2 heterocycles. The maximum atomic E-state index is 5.14. The van der Waals surface area contributed by atoms with E-state index in [2.05, 4.69) is 63.7 Å². The second-order valence-electron chi connectivity index (χ2n) is 6.01. The van der Waals surface area contributed by atoms with Crippen LogP contribution in [0.15, 0.2) is 45.9 Å². The van der Waals surface area contributed by atoms with E-state index in [0.29, 0.717) is 24.7 Å². The summed E-state index contributed by atoms with van der Waals surface area (Å²) >= 11 is 0. The molecule has 1 aromatic heterocycles. The maximum Gasteiger partial charge on any atom is 0.228 e. The Kier molecular flexibility index (Phi) is 8.08. The number of rotatable bonds is 5. The fourth-order valence-corrected chi connectivity index (χ4v) is 2.90. The molecule has 0 fully saturated rings. The van der Waals surface area contributed by atoms with E-state index in [4.69, 9.17) is 9.52 Å². The molecule has 3 rings (SSSR count). The van der Waals surface area contributed by atoms with Crippen molar-refractivity contribution in [1.29, 1.82) is 0 Å². The first-order chi connectivity index (χ1) is 12.3. The van der Waals surface area contributed by atoms with Crippen LogP contribution in [-0.4, -0.2) is 47.2 Å². The van der Waals surface area contributed by atoms with Gasteiger partial charge in [-0.05, 0) is 31.4 Å². The first-order valence-electron chi connectivity index (χ1n) is 8.83. The number of nitrogens with zero attached hydrogens (tertiary/aromatic N) is 4. The summed E-state index contributed by atoms with van der Waals surface area (Å²) in [6.07, 6.45) is 3.99. The molecule has 140 valence electrons. The molecule has 0 spiro atoms. The second-order valence-corrected chi connectivity index (χ2v) is 6.01. The second kappa shape index (κ2) is 10.3. The number of hydrogen-bond donors (Lipinski definition) is 1. The van der Waals surface area contributed by atoms with Gasteiger partial charge in [-0.2, -0.15) is 4.98 Å². The highest BCUT2D eigenvalue weighted by Crippen LogP contribution is 2.21. The lowest BCUT2D eigenvalue weighted by atomic mass is 10.00. The van der Waals surface area contributed by atoms with Crippen molar-refractivity contribution in [2.45, 2.75) is 26.7 Å². The van der Waals surface area contributed by atoms with Crippen LogP contribution in [0.3, 0.4) is 0 Å². The predicted octanol–water partition coefficient (Wildman–Crippen LogP) is 3.29. The van der Waals surface area contributed by atoms with Gasteiger partial charge in [-0.25, -0.2) is 0 Å². The summed E-state index contributed by atoms with van der Waals surface area (Å²) in [5, 5.41) is 7.19. The van der Waals surface area contributed by atoms with Crippen molar-refractivity contribution in [2.75, 3.05) is 26.2 Å². The third-order valence-corrected chi connectivity index (χ3v) is 4.15. The normalized spacial score (nSPS) is 14.6. The zero-order valence-electron chi connectivity index (χ0n) is 15.3. The molecule has 1 N–H and O–H groups in total. The molecular weight excluding hydrogens is 441 g/mol. The van der Waals surface area contributed by atoms with Crippen molar-refractivity contribution < 1.29 is 4.52 Å². The topological polar surface area (TPSA) is 66.5 Å². The van der Waals surface area contributed by atoms with E-state index in [1.54, 1.807) is 0 Å². The summed E-state index contributed by atoms with van der Waals surface area (Å²) in [6.45, 7) is 7.23. The third kappa shape index (κ3) is 5.55. The molecule has 0 saturated heterocycles. The minimum atomic E-state index is 0. The Bertz CT molecular complexity index is 741. The van der Waals surface area contributed by atoms with Gasteiger partial charge in [0, 0.05) is 26.1 Å². The van der Waals surface area contributed by atoms with Crippen LogP contribution in [0.25, 0.3) is 5.57 Å². The highest BCUT2D eigenvalue weighted by Gasteiger charge is 2.16. The number of aliphatic imine (C=N–C) groups is 1. The van der Waals surface area contributed by atoms with Gasteiger partial charge >= 0.3 is 0 Å². The Hall–Kier alpha value is -1.90. The average molecular weight is 467 g/mol. The van der Waals surface area contributed by atoms with Crippen LogP contribution in [-0.2, 0) is 6.42 Å². The van der Waals surface area contributed by atoms with Gasteiger partial charge in [0.15, 0.2) is 11.8 Å². The summed E-state index contributed by atoms with van der Waals surface area (Å²) in [5.41, 5.74) is 2.73. The standard InChI is InChI=1S/C19H25N5O.HI/c1-3-20-19(21-12-9-18-22-15(2)23-25-18)24-13-10-17(11-14-24)16-7-5-4-6-8-16;/h4-8,10H,3,9,11-14H2,1-2H3,(H,20,21);1H. The molecule has 0 radical (unpaired) electrons. The lowest BCUT2D eigenvalue weighted by Gasteiger charge is -2.29. The van der Waals surface area contributed by atoms with E-state index in [1.165, 1.54) is 11.1 Å². The van der Waals surface area contributed by atoms with Crippen LogP contribution in [0.1, 0.15) is 30.6 Å². The molecule has 2 aromatic rings. The summed E-state index contributed by atoms with van der Waals surface area (Å²) in [7, 11) is 0. The van der Waals surface area contributed by atoms with Crippen LogP contribution in [0.2, 0.25) is 0 Å². The lowest BCUT2D eigenvalue weighted by Crippen LogP contribution is -2.43. The van der Waals surface area contributed by atoms with E-state index >= 15 is 0 Å². The molecule has 26 heavy (non-hydrogen) atoms. The maximum absolute atomic E-state index is 5.14. The number of nitrogens with one attached hydrogen (secondary N) is 1. The van der Waals surface area contributed by atoms with Crippen molar-refractivity contribution in [2.24, 2.45) is 4.99 Å².